The van der Waals surface area contributed by atoms with Gasteiger partial charge in [0.1, 0.15) is 0 Å². The Morgan fingerprint density at radius 1 is 1.64 bits per heavy atom. The number of ketones is 1. The average molecular weight is 192 g/mol. The molecule has 1 rings (SSSR count). The van der Waals surface area contributed by atoms with Crippen LogP contribution in [0.5, 0.6) is 0 Å². The second-order valence-corrected chi connectivity index (χ2v) is 4.79. The zero-order valence-electron chi connectivity index (χ0n) is 9.63. The molecule has 0 radical (unpaired) electrons. The normalized spacial score (nSPS) is 25.4. The molecule has 0 bridgehead atoms. The van der Waals surface area contributed by atoms with E-state index in [9.17, 15) is 4.79 Å². The van der Waals surface area contributed by atoms with Crippen LogP contribution in [0.1, 0.15) is 40.5 Å². The summed E-state index contributed by atoms with van der Waals surface area (Å²) in [6.07, 6.45) is 8.19. The lowest BCUT2D eigenvalue weighted by atomic mass is 9.76. The van der Waals surface area contributed by atoms with Gasteiger partial charge in [0, 0.05) is 0 Å². The Morgan fingerprint density at radius 2 is 2.29 bits per heavy atom. The van der Waals surface area contributed by atoms with Gasteiger partial charge in [-0.2, -0.15) is 0 Å². The molecule has 0 aromatic heterocycles. The van der Waals surface area contributed by atoms with Gasteiger partial charge in [0.2, 0.25) is 0 Å². The van der Waals surface area contributed by atoms with Crippen LogP contribution in [0, 0.1) is 11.3 Å². The highest BCUT2D eigenvalue weighted by Crippen LogP contribution is 2.44. The standard InChI is InChI=1S/C13H20O/c1-10-8-9-12(13(10,3)4)7-5-6-11(2)14/h5-6,8,12H,7,9H2,1-4H3/b6-5-/t12-/m1/s1. The van der Waals surface area contributed by atoms with Gasteiger partial charge in [0.15, 0.2) is 5.78 Å². The highest BCUT2D eigenvalue weighted by Gasteiger charge is 2.33. The highest BCUT2D eigenvalue weighted by molar-refractivity contribution is 5.87. The molecule has 1 aliphatic carbocycles. The van der Waals surface area contributed by atoms with Crippen molar-refractivity contribution in [3.05, 3.63) is 23.8 Å². The quantitative estimate of drug-likeness (QED) is 0.494. The molecule has 1 nitrogen and oxygen atoms in total. The van der Waals surface area contributed by atoms with E-state index in [1.54, 1.807) is 13.0 Å². The van der Waals surface area contributed by atoms with E-state index in [1.807, 2.05) is 6.08 Å². The second kappa shape index (κ2) is 4.12. The molecule has 0 spiro atoms. The maximum atomic E-state index is 10.7. The Hall–Kier alpha value is -0.850. The van der Waals surface area contributed by atoms with Crippen LogP contribution in [0.4, 0.5) is 0 Å². The van der Waals surface area contributed by atoms with Gasteiger partial charge in [-0.3, -0.25) is 4.79 Å². The van der Waals surface area contributed by atoms with Gasteiger partial charge in [-0.25, -0.2) is 0 Å². The van der Waals surface area contributed by atoms with E-state index < -0.39 is 0 Å². The Kier molecular flexibility index (Phi) is 3.30. The van der Waals surface area contributed by atoms with Crippen LogP contribution >= 0.6 is 0 Å². The summed E-state index contributed by atoms with van der Waals surface area (Å²) in [6, 6.07) is 0. The largest absolute Gasteiger partial charge is 0.295 e. The minimum absolute atomic E-state index is 0.144. The third-order valence-electron chi connectivity index (χ3n) is 3.52. The molecule has 14 heavy (non-hydrogen) atoms. The monoisotopic (exact) mass is 192 g/mol. The average Bonchev–Trinajstić information content (AvgIpc) is 2.30. The summed E-state index contributed by atoms with van der Waals surface area (Å²) in [7, 11) is 0. The van der Waals surface area contributed by atoms with Gasteiger partial charge in [0.05, 0.1) is 0 Å². The smallest absolute Gasteiger partial charge is 0.152 e. The molecule has 0 aliphatic heterocycles. The van der Waals surface area contributed by atoms with Crippen molar-refractivity contribution in [1.29, 1.82) is 0 Å². The number of carbonyl (C=O) groups is 1. The summed E-state index contributed by atoms with van der Waals surface area (Å²) in [4.78, 5) is 10.7. The number of rotatable bonds is 3. The predicted molar refractivity (Wildman–Crippen MR) is 60.1 cm³/mol. The first kappa shape index (κ1) is 11.2. The third-order valence-corrected chi connectivity index (χ3v) is 3.52. The van der Waals surface area contributed by atoms with Crippen LogP contribution in [-0.2, 0) is 4.79 Å². The Balaban J connectivity index is 2.53. The van der Waals surface area contributed by atoms with Crippen LogP contribution < -0.4 is 0 Å². The Labute approximate surface area is 86.9 Å². The fourth-order valence-electron chi connectivity index (χ4n) is 1.99. The van der Waals surface area contributed by atoms with E-state index in [4.69, 9.17) is 0 Å². The van der Waals surface area contributed by atoms with Gasteiger partial charge in [-0.05, 0) is 44.1 Å². The molecule has 0 aromatic rings. The second-order valence-electron chi connectivity index (χ2n) is 4.79. The van der Waals surface area contributed by atoms with Crippen molar-refractivity contribution < 1.29 is 4.79 Å². The van der Waals surface area contributed by atoms with E-state index >= 15 is 0 Å². The van der Waals surface area contributed by atoms with Crippen molar-refractivity contribution in [3.63, 3.8) is 0 Å². The highest BCUT2D eigenvalue weighted by atomic mass is 16.1. The summed E-state index contributed by atoms with van der Waals surface area (Å²) in [6.45, 7) is 8.38. The van der Waals surface area contributed by atoms with Crippen molar-refractivity contribution in [2.45, 2.75) is 40.5 Å². The molecular formula is C13H20O. The molecule has 0 saturated carbocycles. The van der Waals surface area contributed by atoms with Gasteiger partial charge >= 0.3 is 0 Å². The van der Waals surface area contributed by atoms with Crippen LogP contribution in [0.2, 0.25) is 0 Å². The molecular weight excluding hydrogens is 172 g/mol. The van der Waals surface area contributed by atoms with E-state index in [0.29, 0.717) is 11.3 Å². The zero-order valence-corrected chi connectivity index (χ0v) is 9.63. The molecule has 0 N–H and O–H groups in total. The van der Waals surface area contributed by atoms with Crippen LogP contribution in [-0.4, -0.2) is 5.78 Å². The maximum absolute atomic E-state index is 10.7. The molecule has 78 valence electrons. The minimum Gasteiger partial charge on any atom is -0.295 e. The topological polar surface area (TPSA) is 17.1 Å². The summed E-state index contributed by atoms with van der Waals surface area (Å²) in [5.74, 6) is 0.809. The first-order valence-corrected chi connectivity index (χ1v) is 5.29. The first-order chi connectivity index (χ1) is 6.44. The predicted octanol–water partition coefficient (Wildman–Crippen LogP) is 3.51. The lowest BCUT2D eigenvalue weighted by Gasteiger charge is -2.28. The van der Waals surface area contributed by atoms with E-state index in [2.05, 4.69) is 26.8 Å². The van der Waals surface area contributed by atoms with Crippen LogP contribution in [0.15, 0.2) is 23.8 Å². The van der Waals surface area contributed by atoms with Crippen molar-refractivity contribution >= 4 is 5.78 Å². The molecule has 0 unspecified atom stereocenters. The number of hydrogen-bond acceptors (Lipinski definition) is 1. The van der Waals surface area contributed by atoms with Crippen LogP contribution in [0.25, 0.3) is 0 Å². The van der Waals surface area contributed by atoms with Gasteiger partial charge in [0.25, 0.3) is 0 Å². The first-order valence-electron chi connectivity index (χ1n) is 5.29. The zero-order chi connectivity index (χ0) is 10.8. The molecule has 0 amide bonds. The molecule has 1 aliphatic rings. The van der Waals surface area contributed by atoms with Gasteiger partial charge < -0.3 is 0 Å². The van der Waals surface area contributed by atoms with Gasteiger partial charge in [-0.1, -0.05) is 31.6 Å². The van der Waals surface area contributed by atoms with E-state index in [1.165, 1.54) is 5.57 Å². The maximum Gasteiger partial charge on any atom is 0.152 e. The van der Waals surface area contributed by atoms with Crippen molar-refractivity contribution in [1.82, 2.24) is 0 Å². The lowest BCUT2D eigenvalue weighted by Crippen LogP contribution is -2.19. The lowest BCUT2D eigenvalue weighted by molar-refractivity contribution is -0.112. The SMILES string of the molecule is CC(=O)/C=C\C[C@@H]1CC=C(C)C1(C)C. The van der Waals surface area contributed by atoms with Crippen molar-refractivity contribution in [2.75, 3.05) is 0 Å². The Bertz CT molecular complexity index is 282. The van der Waals surface area contributed by atoms with Crippen molar-refractivity contribution in [2.24, 2.45) is 11.3 Å². The Morgan fingerprint density at radius 3 is 2.71 bits per heavy atom. The number of allylic oxidation sites excluding steroid dienone is 4. The molecule has 0 fully saturated rings. The summed E-state index contributed by atoms with van der Waals surface area (Å²) in [5.41, 5.74) is 1.79. The van der Waals surface area contributed by atoms with E-state index in [0.717, 1.165) is 12.8 Å². The molecule has 1 heteroatoms. The molecule has 1 atom stereocenters. The van der Waals surface area contributed by atoms with E-state index in [-0.39, 0.29) is 5.78 Å². The molecule has 0 aromatic carbocycles. The van der Waals surface area contributed by atoms with Crippen LogP contribution in [0.3, 0.4) is 0 Å². The number of hydrogen-bond donors (Lipinski definition) is 0. The fraction of sp³-hybridized carbons (Fsp3) is 0.615. The minimum atomic E-state index is 0.144. The fourth-order valence-corrected chi connectivity index (χ4v) is 1.99. The van der Waals surface area contributed by atoms with Gasteiger partial charge in [-0.15, -0.1) is 0 Å². The summed E-state index contributed by atoms with van der Waals surface area (Å²) >= 11 is 0. The summed E-state index contributed by atoms with van der Waals surface area (Å²) in [5, 5.41) is 0. The molecule has 0 saturated heterocycles. The summed E-state index contributed by atoms with van der Waals surface area (Å²) < 4.78 is 0. The molecule has 0 heterocycles. The van der Waals surface area contributed by atoms with Crippen molar-refractivity contribution in [3.8, 4) is 0 Å². The third kappa shape index (κ3) is 2.34. The number of carbonyl (C=O) groups excluding carboxylic acids is 1.